The van der Waals surface area contributed by atoms with Crippen molar-refractivity contribution in [3.8, 4) is 0 Å². The lowest BCUT2D eigenvalue weighted by atomic mass is 9.61. The largest absolute Gasteiger partial charge is 0.377 e. The topological polar surface area (TPSA) is 30.5 Å². The molecule has 1 saturated carbocycles. The minimum absolute atomic E-state index is 0.118. The molecule has 104 valence electrons. The first-order chi connectivity index (χ1) is 8.24. The van der Waals surface area contributed by atoms with Crippen molar-refractivity contribution in [1.82, 2.24) is 5.32 Å². The highest BCUT2D eigenvalue weighted by Crippen LogP contribution is 2.52. The second kappa shape index (κ2) is 3.71. The van der Waals surface area contributed by atoms with Crippen LogP contribution < -0.4 is 5.32 Å². The van der Waals surface area contributed by atoms with Crippen LogP contribution in [0.25, 0.3) is 0 Å². The molecular weight excluding hydrogens is 226 g/mol. The molecule has 2 saturated heterocycles. The van der Waals surface area contributed by atoms with Gasteiger partial charge in [-0.1, -0.05) is 27.7 Å². The zero-order valence-corrected chi connectivity index (χ0v) is 12.3. The number of ether oxygens (including phenoxy) is 2. The van der Waals surface area contributed by atoms with Gasteiger partial charge in [0.1, 0.15) is 5.72 Å². The van der Waals surface area contributed by atoms with Gasteiger partial charge in [-0.05, 0) is 36.5 Å². The monoisotopic (exact) mass is 253 g/mol. The zero-order chi connectivity index (χ0) is 13.1. The van der Waals surface area contributed by atoms with E-state index < -0.39 is 0 Å². The molecule has 3 heteroatoms. The molecule has 0 aromatic carbocycles. The van der Waals surface area contributed by atoms with E-state index in [4.69, 9.17) is 9.47 Å². The van der Waals surface area contributed by atoms with Crippen LogP contribution in [0.2, 0.25) is 0 Å². The van der Waals surface area contributed by atoms with Crippen molar-refractivity contribution in [2.45, 2.75) is 64.6 Å². The maximum Gasteiger partial charge on any atom is 0.120 e. The van der Waals surface area contributed by atoms with Crippen LogP contribution in [0, 0.1) is 10.8 Å². The van der Waals surface area contributed by atoms with Crippen LogP contribution in [0.15, 0.2) is 0 Å². The molecule has 0 aromatic heterocycles. The van der Waals surface area contributed by atoms with E-state index >= 15 is 0 Å². The third kappa shape index (κ3) is 2.21. The Labute approximate surface area is 111 Å². The zero-order valence-electron chi connectivity index (χ0n) is 12.3. The van der Waals surface area contributed by atoms with E-state index in [-0.39, 0.29) is 11.3 Å². The first-order valence-electron chi connectivity index (χ1n) is 7.25. The van der Waals surface area contributed by atoms with Gasteiger partial charge in [-0.15, -0.1) is 0 Å². The van der Waals surface area contributed by atoms with Gasteiger partial charge < -0.3 is 9.47 Å². The van der Waals surface area contributed by atoms with E-state index in [0.717, 1.165) is 39.1 Å². The van der Waals surface area contributed by atoms with E-state index in [1.54, 1.807) is 0 Å². The number of hydrogen-bond acceptors (Lipinski definition) is 3. The van der Waals surface area contributed by atoms with Crippen molar-refractivity contribution in [1.29, 1.82) is 0 Å². The van der Waals surface area contributed by atoms with Gasteiger partial charge in [0.15, 0.2) is 0 Å². The molecule has 3 rings (SSSR count). The molecule has 18 heavy (non-hydrogen) atoms. The van der Waals surface area contributed by atoms with E-state index in [1.165, 1.54) is 6.42 Å². The number of hydrogen-bond donors (Lipinski definition) is 1. The fourth-order valence-corrected chi connectivity index (χ4v) is 4.81. The highest BCUT2D eigenvalue weighted by Gasteiger charge is 2.55. The molecule has 2 aliphatic heterocycles. The minimum Gasteiger partial charge on any atom is -0.377 e. The molecule has 1 N–H and O–H groups in total. The smallest absolute Gasteiger partial charge is 0.120 e. The van der Waals surface area contributed by atoms with E-state index in [2.05, 4.69) is 33.0 Å². The first kappa shape index (κ1) is 12.9. The van der Waals surface area contributed by atoms with Crippen molar-refractivity contribution in [3.05, 3.63) is 0 Å². The van der Waals surface area contributed by atoms with Crippen LogP contribution in [0.5, 0.6) is 0 Å². The Morgan fingerprint density at radius 3 is 2.00 bits per heavy atom. The van der Waals surface area contributed by atoms with Crippen LogP contribution in [0.3, 0.4) is 0 Å². The second-order valence-corrected chi connectivity index (χ2v) is 8.35. The summed E-state index contributed by atoms with van der Waals surface area (Å²) < 4.78 is 11.7. The fraction of sp³-hybridized carbons (Fsp3) is 1.00. The summed E-state index contributed by atoms with van der Waals surface area (Å²) in [5, 5.41) is 3.85. The van der Waals surface area contributed by atoms with Gasteiger partial charge in [-0.25, -0.2) is 0 Å². The molecule has 0 atom stereocenters. The lowest BCUT2D eigenvalue weighted by molar-refractivity contribution is -0.230. The summed E-state index contributed by atoms with van der Waals surface area (Å²) >= 11 is 0. The van der Waals surface area contributed by atoms with E-state index in [9.17, 15) is 0 Å². The molecule has 3 nitrogen and oxygen atoms in total. The highest BCUT2D eigenvalue weighted by molar-refractivity contribution is 5.07. The molecule has 0 radical (unpaired) electrons. The van der Waals surface area contributed by atoms with Gasteiger partial charge >= 0.3 is 0 Å². The summed E-state index contributed by atoms with van der Waals surface area (Å²) in [5.41, 5.74) is 0.783. The molecule has 0 unspecified atom stereocenters. The Kier molecular flexibility index (Phi) is 2.66. The lowest BCUT2D eigenvalue weighted by Gasteiger charge is -2.59. The Balaban J connectivity index is 1.84. The van der Waals surface area contributed by atoms with Crippen molar-refractivity contribution in [2.24, 2.45) is 10.8 Å². The average Bonchev–Trinajstić information content (AvgIpc) is 2.09. The van der Waals surface area contributed by atoms with Crippen molar-refractivity contribution < 1.29 is 9.47 Å². The fourth-order valence-electron chi connectivity index (χ4n) is 4.81. The summed E-state index contributed by atoms with van der Waals surface area (Å²) in [6.07, 6.45) is 4.60. The molecule has 3 aliphatic rings. The van der Waals surface area contributed by atoms with Crippen LogP contribution in [0.4, 0.5) is 0 Å². The normalized spacial score (nSPS) is 35.3. The van der Waals surface area contributed by atoms with Gasteiger partial charge in [-0.3, -0.25) is 5.32 Å². The molecular formula is C15H27NO2. The average molecular weight is 253 g/mol. The van der Waals surface area contributed by atoms with Gasteiger partial charge in [0, 0.05) is 0 Å². The Bertz CT molecular complexity index is 328. The van der Waals surface area contributed by atoms with Gasteiger partial charge in [0.2, 0.25) is 0 Å². The molecule has 2 heterocycles. The summed E-state index contributed by atoms with van der Waals surface area (Å²) in [4.78, 5) is 0. The molecule has 3 fully saturated rings. The maximum absolute atomic E-state index is 6.24. The third-order valence-corrected chi connectivity index (χ3v) is 4.69. The van der Waals surface area contributed by atoms with Gasteiger partial charge in [0.25, 0.3) is 0 Å². The Morgan fingerprint density at radius 1 is 0.889 bits per heavy atom. The summed E-state index contributed by atoms with van der Waals surface area (Å²) in [6, 6.07) is 0. The predicted molar refractivity (Wildman–Crippen MR) is 71.4 cm³/mol. The number of rotatable bonds is 0. The molecule has 1 aliphatic carbocycles. The minimum atomic E-state index is -0.118. The lowest BCUT2D eigenvalue weighted by Crippen LogP contribution is -2.73. The molecule has 2 spiro atoms. The summed E-state index contributed by atoms with van der Waals surface area (Å²) in [6.45, 7) is 12.1. The predicted octanol–water partition coefficient (Wildman–Crippen LogP) is 2.70. The van der Waals surface area contributed by atoms with Crippen molar-refractivity contribution in [2.75, 3.05) is 19.8 Å². The first-order valence-corrected chi connectivity index (χ1v) is 7.25. The molecule has 0 amide bonds. The summed E-state index contributed by atoms with van der Waals surface area (Å²) in [7, 11) is 0. The van der Waals surface area contributed by atoms with Crippen LogP contribution in [0.1, 0.15) is 53.4 Å². The van der Waals surface area contributed by atoms with E-state index in [1.807, 2.05) is 0 Å². The molecule has 0 bridgehead atoms. The van der Waals surface area contributed by atoms with Gasteiger partial charge in [-0.2, -0.15) is 0 Å². The number of nitrogens with one attached hydrogen (secondary N) is 1. The van der Waals surface area contributed by atoms with Crippen LogP contribution in [-0.2, 0) is 9.47 Å². The third-order valence-electron chi connectivity index (χ3n) is 4.69. The van der Waals surface area contributed by atoms with Gasteiger partial charge in [0.05, 0.1) is 25.4 Å². The SMILES string of the molecule is CC1(C)CC(C)(C)CC2(C1)NC1(CCO2)COC1. The summed E-state index contributed by atoms with van der Waals surface area (Å²) in [5.74, 6) is 0. The Hall–Kier alpha value is -0.120. The molecule has 0 aromatic rings. The second-order valence-electron chi connectivity index (χ2n) is 8.35. The quantitative estimate of drug-likeness (QED) is 0.720. The Morgan fingerprint density at radius 2 is 1.50 bits per heavy atom. The van der Waals surface area contributed by atoms with Crippen molar-refractivity contribution in [3.63, 3.8) is 0 Å². The van der Waals surface area contributed by atoms with E-state index in [0.29, 0.717) is 10.8 Å². The van der Waals surface area contributed by atoms with Crippen molar-refractivity contribution >= 4 is 0 Å². The standard InChI is InChI=1S/C15H27NO2/c1-12(2)7-13(3,4)9-15(8-12)16-14(5-6-18-15)10-17-11-14/h16H,5-11H2,1-4H3. The van der Waals surface area contributed by atoms with Crippen LogP contribution in [-0.4, -0.2) is 31.1 Å². The highest BCUT2D eigenvalue weighted by atomic mass is 16.5. The van der Waals surface area contributed by atoms with Crippen LogP contribution >= 0.6 is 0 Å². The maximum atomic E-state index is 6.24.